The quantitative estimate of drug-likeness (QED) is 0.264. The Bertz CT molecular complexity index is 396. The average Bonchev–Trinajstić information content (AvgIpc) is 3.26. The first-order chi connectivity index (χ1) is 11.2. The van der Waals surface area contributed by atoms with Crippen molar-refractivity contribution in [2.75, 3.05) is 0 Å². The van der Waals surface area contributed by atoms with Gasteiger partial charge in [0.2, 0.25) is 0 Å². The molecule has 0 saturated carbocycles. The van der Waals surface area contributed by atoms with Crippen LogP contribution < -0.4 is 0 Å². The monoisotopic (exact) mass is 320 g/mol. The molecule has 0 aliphatic carbocycles. The molecule has 1 fully saturated rings. The highest BCUT2D eigenvalue weighted by molar-refractivity contribution is 5.66. The molecular weight excluding hydrogens is 288 g/mol. The molecule has 0 spiro atoms. The third-order valence-electron chi connectivity index (χ3n) is 3.95. The van der Waals surface area contributed by atoms with Gasteiger partial charge in [-0.15, -0.1) is 0 Å². The molecule has 0 aromatic heterocycles. The average molecular weight is 320 g/mol. The number of hydrogen-bond acceptors (Lipinski definition) is 2. The lowest BCUT2D eigenvalue weighted by Crippen LogP contribution is -1.97. The van der Waals surface area contributed by atoms with Gasteiger partial charge in [-0.25, -0.2) is 0 Å². The molecule has 23 heavy (non-hydrogen) atoms. The van der Waals surface area contributed by atoms with Crippen molar-refractivity contribution in [3.63, 3.8) is 0 Å². The SMILES string of the molecule is CCCCCC=CCC=CCC=CC[C@H]1O[C@H]1CCCC(=O)O. The molecule has 3 heteroatoms. The molecule has 1 heterocycles. The summed E-state index contributed by atoms with van der Waals surface area (Å²) in [6, 6.07) is 0. The van der Waals surface area contributed by atoms with Crippen LogP contribution in [0.25, 0.3) is 0 Å². The Morgan fingerprint density at radius 2 is 1.65 bits per heavy atom. The van der Waals surface area contributed by atoms with E-state index in [2.05, 4.69) is 43.4 Å². The van der Waals surface area contributed by atoms with E-state index in [1.165, 1.54) is 25.7 Å². The highest BCUT2D eigenvalue weighted by atomic mass is 16.6. The normalized spacial score (nSPS) is 20.9. The van der Waals surface area contributed by atoms with E-state index in [9.17, 15) is 4.79 Å². The van der Waals surface area contributed by atoms with Crippen LogP contribution in [0.5, 0.6) is 0 Å². The van der Waals surface area contributed by atoms with Gasteiger partial charge in [-0.05, 0) is 44.9 Å². The Hall–Kier alpha value is -1.35. The minimum absolute atomic E-state index is 0.250. The van der Waals surface area contributed by atoms with Crippen LogP contribution in [0.3, 0.4) is 0 Å². The first-order valence-corrected chi connectivity index (χ1v) is 9.06. The van der Waals surface area contributed by atoms with E-state index in [4.69, 9.17) is 9.84 Å². The fourth-order valence-corrected chi connectivity index (χ4v) is 2.50. The highest BCUT2D eigenvalue weighted by Crippen LogP contribution is 2.30. The van der Waals surface area contributed by atoms with Gasteiger partial charge < -0.3 is 9.84 Å². The van der Waals surface area contributed by atoms with Crippen molar-refractivity contribution < 1.29 is 14.6 Å². The Morgan fingerprint density at radius 3 is 2.35 bits per heavy atom. The molecule has 0 aromatic carbocycles. The lowest BCUT2D eigenvalue weighted by atomic mass is 10.1. The zero-order valence-electron chi connectivity index (χ0n) is 14.5. The number of carboxylic acid groups (broad SMARTS) is 1. The van der Waals surface area contributed by atoms with E-state index in [-0.39, 0.29) is 12.5 Å². The summed E-state index contributed by atoms with van der Waals surface area (Å²) in [5.41, 5.74) is 0. The Balaban J connectivity index is 1.91. The van der Waals surface area contributed by atoms with Gasteiger partial charge in [-0.2, -0.15) is 0 Å². The molecule has 0 amide bonds. The van der Waals surface area contributed by atoms with Crippen LogP contribution in [0, 0.1) is 0 Å². The summed E-state index contributed by atoms with van der Waals surface area (Å²) in [5.74, 6) is -0.718. The number of carboxylic acids is 1. The van der Waals surface area contributed by atoms with Gasteiger partial charge >= 0.3 is 5.97 Å². The molecule has 0 unspecified atom stereocenters. The van der Waals surface area contributed by atoms with Crippen LogP contribution in [0.4, 0.5) is 0 Å². The molecule has 130 valence electrons. The van der Waals surface area contributed by atoms with Gasteiger partial charge in [0.05, 0.1) is 12.2 Å². The first kappa shape index (κ1) is 19.7. The number of allylic oxidation sites excluding steroid dienone is 5. The van der Waals surface area contributed by atoms with Gasteiger partial charge in [0.15, 0.2) is 0 Å². The van der Waals surface area contributed by atoms with Gasteiger partial charge in [0.25, 0.3) is 0 Å². The van der Waals surface area contributed by atoms with Gasteiger partial charge in [0.1, 0.15) is 0 Å². The summed E-state index contributed by atoms with van der Waals surface area (Å²) in [4.78, 5) is 10.4. The molecular formula is C20H32O3. The van der Waals surface area contributed by atoms with Crippen LogP contribution in [0.1, 0.15) is 71.1 Å². The standard InChI is InChI=1S/C20H32O3/c1-2-3-4-5-6-7-8-9-10-11-12-13-15-18-19(23-18)16-14-17-20(21)22/h6-7,9-10,12-13,18-19H,2-5,8,11,14-17H2,1H3,(H,21,22)/t18-,19+/m1/s1. The zero-order valence-corrected chi connectivity index (χ0v) is 14.5. The molecule has 0 aromatic rings. The number of ether oxygens (including phenoxy) is 1. The molecule has 0 bridgehead atoms. The maximum absolute atomic E-state index is 10.4. The second-order valence-corrected chi connectivity index (χ2v) is 6.12. The fraction of sp³-hybridized carbons (Fsp3) is 0.650. The molecule has 0 radical (unpaired) electrons. The van der Waals surface area contributed by atoms with Crippen molar-refractivity contribution in [1.29, 1.82) is 0 Å². The number of hydrogen-bond donors (Lipinski definition) is 1. The molecule has 1 aliphatic heterocycles. The van der Waals surface area contributed by atoms with Crippen molar-refractivity contribution in [3.05, 3.63) is 36.5 Å². The maximum atomic E-state index is 10.4. The molecule has 1 saturated heterocycles. The van der Waals surface area contributed by atoms with Crippen molar-refractivity contribution in [3.8, 4) is 0 Å². The Kier molecular flexibility index (Phi) is 11.2. The van der Waals surface area contributed by atoms with Crippen LogP contribution in [-0.4, -0.2) is 23.3 Å². The highest BCUT2D eigenvalue weighted by Gasteiger charge is 2.36. The number of carbonyl (C=O) groups is 1. The fourth-order valence-electron chi connectivity index (χ4n) is 2.50. The van der Waals surface area contributed by atoms with E-state index in [1.807, 2.05) is 0 Å². The summed E-state index contributed by atoms with van der Waals surface area (Å²) in [7, 11) is 0. The summed E-state index contributed by atoms with van der Waals surface area (Å²) >= 11 is 0. The van der Waals surface area contributed by atoms with E-state index >= 15 is 0 Å². The minimum atomic E-state index is -0.718. The van der Waals surface area contributed by atoms with Crippen LogP contribution in [0.2, 0.25) is 0 Å². The van der Waals surface area contributed by atoms with Crippen molar-refractivity contribution in [2.45, 2.75) is 83.3 Å². The van der Waals surface area contributed by atoms with E-state index in [1.54, 1.807) is 0 Å². The molecule has 2 atom stereocenters. The lowest BCUT2D eigenvalue weighted by Gasteiger charge is -1.92. The van der Waals surface area contributed by atoms with Gasteiger partial charge in [0, 0.05) is 6.42 Å². The zero-order chi connectivity index (χ0) is 16.8. The predicted molar refractivity (Wildman–Crippen MR) is 95.6 cm³/mol. The molecule has 1 N–H and O–H groups in total. The number of aliphatic carboxylic acids is 1. The largest absolute Gasteiger partial charge is 0.481 e. The second kappa shape index (κ2) is 13.1. The van der Waals surface area contributed by atoms with E-state index in [0.717, 1.165) is 32.1 Å². The lowest BCUT2D eigenvalue weighted by molar-refractivity contribution is -0.137. The molecule has 1 aliphatic rings. The molecule has 1 rings (SSSR count). The van der Waals surface area contributed by atoms with E-state index in [0.29, 0.717) is 6.10 Å². The van der Waals surface area contributed by atoms with Gasteiger partial charge in [-0.1, -0.05) is 56.2 Å². The summed E-state index contributed by atoms with van der Waals surface area (Å²) in [6.07, 6.45) is 23.8. The minimum Gasteiger partial charge on any atom is -0.481 e. The van der Waals surface area contributed by atoms with Gasteiger partial charge in [-0.3, -0.25) is 4.79 Å². The van der Waals surface area contributed by atoms with Crippen LogP contribution >= 0.6 is 0 Å². The van der Waals surface area contributed by atoms with Crippen LogP contribution in [0.15, 0.2) is 36.5 Å². The van der Waals surface area contributed by atoms with Crippen molar-refractivity contribution >= 4 is 5.97 Å². The summed E-state index contributed by atoms with van der Waals surface area (Å²) in [6.45, 7) is 2.23. The smallest absolute Gasteiger partial charge is 0.303 e. The first-order valence-electron chi connectivity index (χ1n) is 9.06. The maximum Gasteiger partial charge on any atom is 0.303 e. The van der Waals surface area contributed by atoms with Crippen molar-refractivity contribution in [2.24, 2.45) is 0 Å². The third kappa shape index (κ3) is 11.8. The summed E-state index contributed by atoms with van der Waals surface area (Å²) < 4.78 is 5.53. The molecule has 3 nitrogen and oxygen atoms in total. The summed E-state index contributed by atoms with van der Waals surface area (Å²) in [5, 5.41) is 8.58. The number of epoxide rings is 1. The predicted octanol–water partition coefficient (Wildman–Crippen LogP) is 5.43. The van der Waals surface area contributed by atoms with Crippen molar-refractivity contribution in [1.82, 2.24) is 0 Å². The third-order valence-corrected chi connectivity index (χ3v) is 3.95. The second-order valence-electron chi connectivity index (χ2n) is 6.12. The number of unbranched alkanes of at least 4 members (excludes halogenated alkanes) is 3. The number of rotatable bonds is 14. The Morgan fingerprint density at radius 1 is 0.957 bits per heavy atom. The van der Waals surface area contributed by atoms with E-state index < -0.39 is 5.97 Å². The van der Waals surface area contributed by atoms with Crippen LogP contribution in [-0.2, 0) is 9.53 Å². The topological polar surface area (TPSA) is 49.8 Å². The Labute approximate surface area is 141 Å².